The van der Waals surface area contributed by atoms with Gasteiger partial charge in [0, 0.05) is 11.0 Å². The van der Waals surface area contributed by atoms with Crippen LogP contribution in [0.2, 0.25) is 0 Å². The van der Waals surface area contributed by atoms with Crippen molar-refractivity contribution in [3.63, 3.8) is 0 Å². The number of hydrogen-bond donors (Lipinski definition) is 2. The Morgan fingerprint density at radius 3 is 2.41 bits per heavy atom. The molecule has 0 aromatic carbocycles. The molecule has 0 aromatic heterocycles. The van der Waals surface area contributed by atoms with Crippen LogP contribution in [0.4, 0.5) is 0 Å². The van der Waals surface area contributed by atoms with Crippen LogP contribution in [0, 0.1) is 45.3 Å². The highest BCUT2D eigenvalue weighted by molar-refractivity contribution is 5.94. The molecular weight excluding hydrogens is 468 g/mol. The van der Waals surface area contributed by atoms with Gasteiger partial charge in [-0.05, 0) is 98.7 Å². The fraction of sp³-hybridized carbons (Fsp3) is 0.871. The van der Waals surface area contributed by atoms with Crippen LogP contribution in [0.25, 0.3) is 0 Å². The lowest BCUT2D eigenvalue weighted by Gasteiger charge is -2.69. The van der Waals surface area contributed by atoms with Crippen molar-refractivity contribution in [3.8, 4) is 0 Å². The molecule has 6 rings (SSSR count). The molecule has 0 aromatic rings. The highest BCUT2D eigenvalue weighted by Crippen LogP contribution is 2.78. The van der Waals surface area contributed by atoms with Crippen LogP contribution in [-0.4, -0.2) is 46.6 Å². The summed E-state index contributed by atoms with van der Waals surface area (Å²) in [5.74, 6) is 1.03. The van der Waals surface area contributed by atoms with Crippen LogP contribution >= 0.6 is 0 Å². The van der Waals surface area contributed by atoms with Gasteiger partial charge in [-0.2, -0.15) is 0 Å². The van der Waals surface area contributed by atoms with Crippen molar-refractivity contribution in [2.75, 3.05) is 0 Å². The number of aliphatic hydroxyl groups is 2. The van der Waals surface area contributed by atoms with Crippen molar-refractivity contribution in [2.24, 2.45) is 45.3 Å². The minimum absolute atomic E-state index is 0.00183. The first-order chi connectivity index (χ1) is 17.3. The lowest BCUT2D eigenvalue weighted by molar-refractivity contribution is -0.226. The number of aliphatic hydroxyl groups excluding tert-OH is 2. The number of fused-ring (bicyclic) bond motifs is 7. The molecule has 1 aliphatic heterocycles. The maximum atomic E-state index is 13.3. The van der Waals surface area contributed by atoms with Crippen molar-refractivity contribution in [1.82, 2.24) is 0 Å². The van der Waals surface area contributed by atoms with Gasteiger partial charge in [-0.25, -0.2) is 4.79 Å². The third-order valence-corrected chi connectivity index (χ3v) is 12.9. The van der Waals surface area contributed by atoms with E-state index in [1.165, 1.54) is 32.1 Å². The quantitative estimate of drug-likeness (QED) is 0.518. The van der Waals surface area contributed by atoms with Crippen LogP contribution in [-0.2, 0) is 19.1 Å². The molecule has 4 unspecified atom stereocenters. The summed E-state index contributed by atoms with van der Waals surface area (Å²) < 4.78 is 12.0. The molecule has 12 atom stereocenters. The Morgan fingerprint density at radius 1 is 1.08 bits per heavy atom. The molecule has 4 fully saturated rings. The number of rotatable bonds is 3. The second-order valence-electron chi connectivity index (χ2n) is 14.6. The Hall–Kier alpha value is -1.40. The third-order valence-electron chi connectivity index (χ3n) is 12.9. The Kier molecular flexibility index (Phi) is 5.63. The number of carbonyl (C=O) groups is 2. The molecule has 5 aliphatic carbocycles. The van der Waals surface area contributed by atoms with E-state index in [0.29, 0.717) is 34.8 Å². The number of esters is 2. The molecular formula is C31H46O6. The maximum Gasteiger partial charge on any atom is 0.335 e. The van der Waals surface area contributed by atoms with E-state index in [2.05, 4.69) is 27.7 Å². The summed E-state index contributed by atoms with van der Waals surface area (Å²) in [5, 5.41) is 21.3. The summed E-state index contributed by atoms with van der Waals surface area (Å²) in [6.45, 7) is 12.9. The van der Waals surface area contributed by atoms with Gasteiger partial charge in [0.2, 0.25) is 0 Å². The molecule has 6 heteroatoms. The SMILES string of the molecule is CC(O)CC(=O)O[C@H]1CC2[C@@]3(C)CCC[C@@]4(C[C@@H]4C)C3CC[C@@]2(C)C2C[C@@H](O)C3=C(C(=O)O[C@@H]3C)[C@]21C. The van der Waals surface area contributed by atoms with Gasteiger partial charge in [-0.3, -0.25) is 4.79 Å². The molecule has 6 nitrogen and oxygen atoms in total. The highest BCUT2D eigenvalue weighted by atomic mass is 16.6. The second-order valence-corrected chi connectivity index (χ2v) is 14.6. The van der Waals surface area contributed by atoms with Gasteiger partial charge in [0.1, 0.15) is 12.2 Å². The minimum Gasteiger partial charge on any atom is -0.461 e. The molecule has 0 radical (unpaired) electrons. The van der Waals surface area contributed by atoms with E-state index in [0.717, 1.165) is 18.8 Å². The van der Waals surface area contributed by atoms with Gasteiger partial charge in [0.25, 0.3) is 0 Å². The Labute approximate surface area is 221 Å². The summed E-state index contributed by atoms with van der Waals surface area (Å²) in [6, 6.07) is 0. The van der Waals surface area contributed by atoms with Crippen molar-refractivity contribution in [1.29, 1.82) is 0 Å². The maximum absolute atomic E-state index is 13.3. The first-order valence-corrected chi connectivity index (χ1v) is 14.8. The Bertz CT molecular complexity index is 1050. The normalized spacial score (nSPS) is 53.0. The predicted molar refractivity (Wildman–Crippen MR) is 138 cm³/mol. The predicted octanol–water partition coefficient (Wildman–Crippen LogP) is 4.95. The summed E-state index contributed by atoms with van der Waals surface area (Å²) in [7, 11) is 0. The number of cyclic esters (lactones) is 1. The minimum atomic E-state index is -0.782. The molecule has 1 heterocycles. The van der Waals surface area contributed by atoms with Crippen molar-refractivity contribution in [3.05, 3.63) is 11.1 Å². The average Bonchev–Trinajstić information content (AvgIpc) is 3.30. The molecule has 37 heavy (non-hydrogen) atoms. The van der Waals surface area contributed by atoms with Gasteiger partial charge in [0.05, 0.1) is 24.2 Å². The standard InChI is InChI=1S/C31H46O6/c1-16-15-31(16)10-7-9-28(4)20(31)8-11-29(5)21(28)14-23(37-24(34)12-17(2)32)30(6)22(29)13-19(33)25-18(3)36-27(35)26(25)30/h16-23,32-33H,7-15H2,1-6H3/t16-,17?,18+,19+,20?,21?,22?,23-,28-,29+,30+,31-/m0/s1. The number of ether oxygens (including phenoxy) is 2. The molecule has 0 bridgehead atoms. The van der Waals surface area contributed by atoms with Gasteiger partial charge >= 0.3 is 11.9 Å². The van der Waals surface area contributed by atoms with E-state index in [1.807, 2.05) is 6.92 Å². The van der Waals surface area contributed by atoms with Gasteiger partial charge < -0.3 is 19.7 Å². The summed E-state index contributed by atoms with van der Waals surface area (Å²) in [6.07, 6.45) is 6.19. The molecule has 2 N–H and O–H groups in total. The molecule has 1 spiro atoms. The highest BCUT2D eigenvalue weighted by Gasteiger charge is 2.73. The van der Waals surface area contributed by atoms with Crippen LogP contribution in [0.15, 0.2) is 11.1 Å². The summed E-state index contributed by atoms with van der Waals surface area (Å²) in [4.78, 5) is 26.4. The number of hydrogen-bond acceptors (Lipinski definition) is 6. The largest absolute Gasteiger partial charge is 0.461 e. The van der Waals surface area contributed by atoms with Crippen LogP contribution in [0.5, 0.6) is 0 Å². The Morgan fingerprint density at radius 2 is 1.76 bits per heavy atom. The van der Waals surface area contributed by atoms with Crippen LogP contribution in [0.3, 0.4) is 0 Å². The van der Waals surface area contributed by atoms with Gasteiger partial charge in [0.15, 0.2) is 0 Å². The van der Waals surface area contributed by atoms with E-state index < -0.39 is 35.8 Å². The van der Waals surface area contributed by atoms with Gasteiger partial charge in [-0.1, -0.05) is 34.1 Å². The molecule has 0 saturated heterocycles. The Balaban J connectivity index is 1.47. The van der Waals surface area contributed by atoms with Crippen LogP contribution in [0.1, 0.15) is 99.3 Å². The lowest BCUT2D eigenvalue weighted by Crippen LogP contribution is -2.66. The average molecular weight is 515 g/mol. The van der Waals surface area contributed by atoms with Gasteiger partial charge in [-0.15, -0.1) is 0 Å². The smallest absolute Gasteiger partial charge is 0.335 e. The molecule has 206 valence electrons. The fourth-order valence-electron chi connectivity index (χ4n) is 11.3. The van der Waals surface area contributed by atoms with E-state index >= 15 is 0 Å². The monoisotopic (exact) mass is 514 g/mol. The summed E-state index contributed by atoms with van der Waals surface area (Å²) in [5.41, 5.74) is 1.07. The second kappa shape index (κ2) is 8.06. The van der Waals surface area contributed by atoms with Crippen molar-refractivity contribution in [2.45, 2.75) is 124 Å². The van der Waals surface area contributed by atoms with E-state index in [9.17, 15) is 19.8 Å². The van der Waals surface area contributed by atoms with Crippen molar-refractivity contribution < 1.29 is 29.3 Å². The molecule has 0 amide bonds. The zero-order chi connectivity index (χ0) is 26.7. The summed E-state index contributed by atoms with van der Waals surface area (Å²) >= 11 is 0. The van der Waals surface area contributed by atoms with E-state index in [4.69, 9.17) is 9.47 Å². The van der Waals surface area contributed by atoms with Crippen molar-refractivity contribution >= 4 is 11.9 Å². The topological polar surface area (TPSA) is 93.1 Å². The first-order valence-electron chi connectivity index (χ1n) is 14.8. The van der Waals surface area contributed by atoms with E-state index in [1.54, 1.807) is 6.92 Å². The fourth-order valence-corrected chi connectivity index (χ4v) is 11.3. The molecule has 6 aliphatic rings. The number of carbonyl (C=O) groups excluding carboxylic acids is 2. The van der Waals surface area contributed by atoms with Crippen LogP contribution < -0.4 is 0 Å². The zero-order valence-corrected chi connectivity index (χ0v) is 23.5. The first kappa shape index (κ1) is 25.9. The zero-order valence-electron chi connectivity index (χ0n) is 23.5. The third kappa shape index (κ3) is 3.30. The lowest BCUT2D eigenvalue weighted by atomic mass is 9.35. The van der Waals surface area contributed by atoms with E-state index in [-0.39, 0.29) is 29.1 Å². The molecule has 4 saturated carbocycles.